The number of benzene rings is 1. The number of hydrogen-bond acceptors (Lipinski definition) is 5. The highest BCUT2D eigenvalue weighted by molar-refractivity contribution is 7.89. The summed E-state index contributed by atoms with van der Waals surface area (Å²) in [6.07, 6.45) is 6.79. The van der Waals surface area contributed by atoms with E-state index in [0.29, 0.717) is 25.4 Å². The quantitative estimate of drug-likeness (QED) is 0.387. The summed E-state index contributed by atoms with van der Waals surface area (Å²) < 4.78 is 33.6. The van der Waals surface area contributed by atoms with Crippen LogP contribution in [0.25, 0.3) is 0 Å². The number of hydrogen-bond donors (Lipinski definition) is 2. The van der Waals surface area contributed by atoms with Crippen LogP contribution in [0.3, 0.4) is 0 Å². The molecular formula is C21H29N3O5S. The van der Waals surface area contributed by atoms with Crippen molar-refractivity contribution in [3.63, 3.8) is 0 Å². The summed E-state index contributed by atoms with van der Waals surface area (Å²) in [5.41, 5.74) is 0.884. The van der Waals surface area contributed by atoms with Crippen LogP contribution in [0.4, 0.5) is 4.79 Å². The Morgan fingerprint density at radius 2 is 2.10 bits per heavy atom. The molecule has 0 unspecified atom stereocenters. The van der Waals surface area contributed by atoms with Crippen molar-refractivity contribution in [3.8, 4) is 5.75 Å². The topological polar surface area (TPSA) is 105 Å². The molecule has 1 saturated carbocycles. The maximum Gasteiger partial charge on any atom is 0.324 e. The van der Waals surface area contributed by atoms with E-state index in [-0.39, 0.29) is 30.8 Å². The first kappa shape index (κ1) is 22.3. The van der Waals surface area contributed by atoms with E-state index < -0.39 is 16.1 Å². The Morgan fingerprint density at radius 3 is 2.77 bits per heavy atom. The van der Waals surface area contributed by atoms with Crippen molar-refractivity contribution in [3.05, 3.63) is 42.0 Å². The van der Waals surface area contributed by atoms with Crippen LogP contribution in [0.2, 0.25) is 0 Å². The molecule has 0 bridgehead atoms. The highest BCUT2D eigenvalue weighted by Gasteiger charge is 2.25. The van der Waals surface area contributed by atoms with Gasteiger partial charge in [0.15, 0.2) is 0 Å². The fourth-order valence-electron chi connectivity index (χ4n) is 3.16. The van der Waals surface area contributed by atoms with Gasteiger partial charge in [-0.25, -0.2) is 17.9 Å². The smallest absolute Gasteiger partial charge is 0.324 e. The fraction of sp³-hybridized carbons (Fsp3) is 0.524. The van der Waals surface area contributed by atoms with Gasteiger partial charge in [0.1, 0.15) is 12.3 Å². The van der Waals surface area contributed by atoms with Crippen LogP contribution in [-0.2, 0) is 14.8 Å². The minimum atomic E-state index is -3.48. The second-order valence-corrected chi connectivity index (χ2v) is 9.59. The maximum atomic E-state index is 12.5. The Balaban J connectivity index is 1.47. The van der Waals surface area contributed by atoms with Crippen LogP contribution in [0, 0.1) is 5.92 Å². The summed E-state index contributed by atoms with van der Waals surface area (Å²) in [5, 5.41) is 2.20. The van der Waals surface area contributed by atoms with Gasteiger partial charge in [0.05, 0.1) is 12.4 Å². The molecule has 2 N–H and O–H groups in total. The molecule has 1 aliphatic heterocycles. The number of carbonyl (C=O) groups is 2. The third kappa shape index (κ3) is 6.84. The molecule has 1 heterocycles. The summed E-state index contributed by atoms with van der Waals surface area (Å²) in [5.74, 6) is 1.04. The second-order valence-electron chi connectivity index (χ2n) is 7.72. The van der Waals surface area contributed by atoms with E-state index in [1.54, 1.807) is 12.2 Å². The van der Waals surface area contributed by atoms with E-state index in [4.69, 9.17) is 4.74 Å². The van der Waals surface area contributed by atoms with Crippen LogP contribution in [-0.4, -0.2) is 50.7 Å². The van der Waals surface area contributed by atoms with Gasteiger partial charge >= 0.3 is 6.03 Å². The zero-order valence-electron chi connectivity index (χ0n) is 17.2. The molecule has 0 spiro atoms. The monoisotopic (exact) mass is 435 g/mol. The van der Waals surface area contributed by atoms with Crippen molar-refractivity contribution < 1.29 is 22.7 Å². The van der Waals surface area contributed by atoms with E-state index in [0.717, 1.165) is 11.3 Å². The molecule has 1 aliphatic carbocycles. The largest absolute Gasteiger partial charge is 0.493 e. The van der Waals surface area contributed by atoms with E-state index in [9.17, 15) is 18.0 Å². The standard InChI is InChI=1S/C21H29N3O5S/c1-2-19(17-7-6-8-18(13-17)29-15-16-9-10-16)23-30(27,28)12-5-3-4-11-24-14-20(25)22-21(24)26/h3-4,6-8,13,16,19,23H,2,5,9-12,14-15H2,1H3,(H,22,25,26)/b4-3+/t19-/m1/s1. The lowest BCUT2D eigenvalue weighted by atomic mass is 10.1. The van der Waals surface area contributed by atoms with Crippen molar-refractivity contribution in [1.29, 1.82) is 0 Å². The molecule has 1 atom stereocenters. The number of nitrogens with one attached hydrogen (secondary N) is 2. The van der Waals surface area contributed by atoms with Crippen molar-refractivity contribution in [2.45, 2.75) is 38.6 Å². The maximum absolute atomic E-state index is 12.5. The Labute approximate surface area is 177 Å². The van der Waals surface area contributed by atoms with Gasteiger partial charge < -0.3 is 9.64 Å². The van der Waals surface area contributed by atoms with Crippen LogP contribution in [0.5, 0.6) is 5.75 Å². The summed E-state index contributed by atoms with van der Waals surface area (Å²) in [7, 11) is -3.48. The summed E-state index contributed by atoms with van der Waals surface area (Å²) >= 11 is 0. The molecule has 1 saturated heterocycles. The highest BCUT2D eigenvalue weighted by Crippen LogP contribution is 2.30. The number of allylic oxidation sites excluding steroid dienone is 1. The summed E-state index contributed by atoms with van der Waals surface area (Å²) in [6, 6.07) is 6.85. The fourth-order valence-corrected chi connectivity index (χ4v) is 4.46. The molecule has 2 aliphatic rings. The average molecular weight is 436 g/mol. The molecule has 1 aromatic rings. The van der Waals surface area contributed by atoms with Crippen molar-refractivity contribution in [2.75, 3.05) is 25.4 Å². The minimum absolute atomic E-state index is 0.0324. The number of amides is 3. The summed E-state index contributed by atoms with van der Waals surface area (Å²) in [4.78, 5) is 23.9. The number of carbonyl (C=O) groups excluding carboxylic acids is 2. The van der Waals surface area contributed by atoms with Gasteiger partial charge in [0.25, 0.3) is 0 Å². The second kappa shape index (κ2) is 10.1. The number of rotatable bonds is 12. The van der Waals surface area contributed by atoms with E-state index in [1.807, 2.05) is 31.2 Å². The lowest BCUT2D eigenvalue weighted by molar-refractivity contribution is -0.118. The highest BCUT2D eigenvalue weighted by atomic mass is 32.2. The van der Waals surface area contributed by atoms with Crippen molar-refractivity contribution in [2.24, 2.45) is 5.92 Å². The van der Waals surface area contributed by atoms with Crippen molar-refractivity contribution in [1.82, 2.24) is 14.9 Å². The van der Waals surface area contributed by atoms with Crippen LogP contribution in [0.1, 0.15) is 44.2 Å². The molecule has 3 rings (SSSR count). The van der Waals surface area contributed by atoms with E-state index >= 15 is 0 Å². The van der Waals surface area contributed by atoms with Gasteiger partial charge in [0, 0.05) is 12.6 Å². The Morgan fingerprint density at radius 1 is 1.30 bits per heavy atom. The molecule has 8 nitrogen and oxygen atoms in total. The van der Waals surface area contributed by atoms with E-state index in [2.05, 4.69) is 10.0 Å². The summed E-state index contributed by atoms with van der Waals surface area (Å²) in [6.45, 7) is 2.96. The third-order valence-corrected chi connectivity index (χ3v) is 6.50. The number of urea groups is 1. The lowest BCUT2D eigenvalue weighted by Gasteiger charge is -2.18. The van der Waals surface area contributed by atoms with Gasteiger partial charge in [-0.15, -0.1) is 0 Å². The number of ether oxygens (including phenoxy) is 1. The first-order chi connectivity index (χ1) is 14.4. The molecule has 1 aromatic carbocycles. The van der Waals surface area contributed by atoms with Gasteiger partial charge in [-0.1, -0.05) is 31.2 Å². The van der Waals surface area contributed by atoms with Gasteiger partial charge in [-0.3, -0.25) is 10.1 Å². The number of nitrogens with zero attached hydrogens (tertiary/aromatic N) is 1. The van der Waals surface area contributed by atoms with Gasteiger partial charge in [-0.2, -0.15) is 0 Å². The van der Waals surface area contributed by atoms with Crippen LogP contribution < -0.4 is 14.8 Å². The predicted molar refractivity (Wildman–Crippen MR) is 113 cm³/mol. The lowest BCUT2D eigenvalue weighted by Crippen LogP contribution is -2.30. The molecule has 2 fully saturated rings. The minimum Gasteiger partial charge on any atom is -0.493 e. The van der Waals surface area contributed by atoms with E-state index in [1.165, 1.54) is 17.7 Å². The Hall–Kier alpha value is -2.39. The van der Waals surface area contributed by atoms with Crippen LogP contribution in [0.15, 0.2) is 36.4 Å². The zero-order chi connectivity index (χ0) is 21.6. The number of sulfonamides is 1. The van der Waals surface area contributed by atoms with Gasteiger partial charge in [0.2, 0.25) is 15.9 Å². The van der Waals surface area contributed by atoms with Gasteiger partial charge in [-0.05, 0) is 49.3 Å². The molecule has 164 valence electrons. The zero-order valence-corrected chi connectivity index (χ0v) is 18.0. The Kier molecular flexibility index (Phi) is 7.49. The number of imide groups is 1. The SMILES string of the molecule is CC[C@@H](NS(=O)(=O)CC/C=C/CN1CC(=O)NC1=O)c1cccc(OCC2CC2)c1. The molecule has 0 radical (unpaired) electrons. The third-order valence-electron chi connectivity index (χ3n) is 5.09. The first-order valence-corrected chi connectivity index (χ1v) is 12.0. The molecular weight excluding hydrogens is 406 g/mol. The predicted octanol–water partition coefficient (Wildman–Crippen LogP) is 2.34. The average Bonchev–Trinajstić information content (AvgIpc) is 3.48. The molecule has 0 aromatic heterocycles. The molecule has 3 amide bonds. The first-order valence-electron chi connectivity index (χ1n) is 10.3. The van der Waals surface area contributed by atoms with Crippen molar-refractivity contribution >= 4 is 22.0 Å². The molecule has 9 heteroatoms. The Bertz CT molecular complexity index is 896. The molecule has 30 heavy (non-hydrogen) atoms. The van der Waals surface area contributed by atoms with Crippen LogP contribution >= 0.6 is 0 Å². The normalized spacial score (nSPS) is 18.1.